The Hall–Kier alpha value is -1.98. The van der Waals surface area contributed by atoms with Crippen LogP contribution < -0.4 is 5.73 Å². The van der Waals surface area contributed by atoms with Crippen LogP contribution >= 0.6 is 0 Å². The largest absolute Gasteiger partial charge is 0.370 e. The van der Waals surface area contributed by atoms with Gasteiger partial charge < -0.3 is 10.6 Å². The van der Waals surface area contributed by atoms with Crippen LogP contribution in [0.2, 0.25) is 0 Å². The molecule has 0 radical (unpaired) electrons. The van der Waals surface area contributed by atoms with Gasteiger partial charge >= 0.3 is 0 Å². The Labute approximate surface area is 109 Å². The van der Waals surface area contributed by atoms with Gasteiger partial charge in [0.2, 0.25) is 11.8 Å². The third-order valence-corrected chi connectivity index (χ3v) is 3.26. The molecule has 0 aliphatic carbocycles. The predicted molar refractivity (Wildman–Crippen MR) is 63.7 cm³/mol. The second-order valence-corrected chi connectivity index (χ2v) is 4.60. The van der Waals surface area contributed by atoms with E-state index in [0.717, 1.165) is 6.07 Å². The molecule has 0 spiro atoms. The number of hydrogen-bond acceptors (Lipinski definition) is 2. The van der Waals surface area contributed by atoms with Crippen molar-refractivity contribution in [2.45, 2.75) is 31.8 Å². The SMILES string of the molecule is NC(=O)CC1CCC(=O)N1Cc1cccc(F)c1F. The second kappa shape index (κ2) is 5.34. The summed E-state index contributed by atoms with van der Waals surface area (Å²) in [7, 11) is 0. The quantitative estimate of drug-likeness (QED) is 0.895. The van der Waals surface area contributed by atoms with Crippen LogP contribution in [0.1, 0.15) is 24.8 Å². The van der Waals surface area contributed by atoms with Crippen LogP contribution in [0.5, 0.6) is 0 Å². The molecule has 0 saturated carbocycles. The molecule has 2 N–H and O–H groups in total. The minimum atomic E-state index is -0.958. The Kier molecular flexibility index (Phi) is 3.78. The van der Waals surface area contributed by atoms with Crippen molar-refractivity contribution in [2.75, 3.05) is 0 Å². The number of nitrogens with two attached hydrogens (primary N) is 1. The van der Waals surface area contributed by atoms with Crippen molar-refractivity contribution in [1.82, 2.24) is 4.90 Å². The first kappa shape index (κ1) is 13.5. The van der Waals surface area contributed by atoms with Crippen LogP contribution in [0, 0.1) is 11.6 Å². The van der Waals surface area contributed by atoms with Crippen LogP contribution in [0.4, 0.5) is 8.78 Å². The zero-order valence-corrected chi connectivity index (χ0v) is 10.2. The summed E-state index contributed by atoms with van der Waals surface area (Å²) in [6.07, 6.45) is 0.857. The van der Waals surface area contributed by atoms with Crippen LogP contribution in [-0.4, -0.2) is 22.8 Å². The van der Waals surface area contributed by atoms with Gasteiger partial charge in [-0.05, 0) is 12.5 Å². The molecule has 6 heteroatoms. The zero-order valence-electron chi connectivity index (χ0n) is 10.2. The third-order valence-electron chi connectivity index (χ3n) is 3.26. The van der Waals surface area contributed by atoms with Crippen molar-refractivity contribution in [3.8, 4) is 0 Å². The summed E-state index contributed by atoms with van der Waals surface area (Å²) >= 11 is 0. The maximum Gasteiger partial charge on any atom is 0.223 e. The van der Waals surface area contributed by atoms with Crippen molar-refractivity contribution >= 4 is 11.8 Å². The van der Waals surface area contributed by atoms with Gasteiger partial charge in [-0.1, -0.05) is 12.1 Å². The Balaban J connectivity index is 2.17. The number of primary amides is 1. The van der Waals surface area contributed by atoms with Gasteiger partial charge in [0.25, 0.3) is 0 Å². The summed E-state index contributed by atoms with van der Waals surface area (Å²) < 4.78 is 26.7. The maximum absolute atomic E-state index is 13.6. The van der Waals surface area contributed by atoms with E-state index < -0.39 is 17.5 Å². The molecular formula is C13H14F2N2O2. The fourth-order valence-corrected chi connectivity index (χ4v) is 2.31. The van der Waals surface area contributed by atoms with Gasteiger partial charge in [-0.2, -0.15) is 0 Å². The number of carbonyl (C=O) groups is 2. The maximum atomic E-state index is 13.6. The molecule has 2 amide bonds. The third kappa shape index (κ3) is 2.89. The molecule has 1 fully saturated rings. The highest BCUT2D eigenvalue weighted by Gasteiger charge is 2.32. The molecule has 1 heterocycles. The minimum Gasteiger partial charge on any atom is -0.370 e. The van der Waals surface area contributed by atoms with Crippen LogP contribution in [0.3, 0.4) is 0 Å². The van der Waals surface area contributed by atoms with Crippen LogP contribution in [0.15, 0.2) is 18.2 Å². The Morgan fingerprint density at radius 2 is 2.16 bits per heavy atom. The second-order valence-electron chi connectivity index (χ2n) is 4.60. The summed E-state index contributed by atoms with van der Waals surface area (Å²) in [5.74, 6) is -2.59. The van der Waals surface area contributed by atoms with Gasteiger partial charge in [0.15, 0.2) is 11.6 Å². The van der Waals surface area contributed by atoms with Crippen molar-refractivity contribution in [2.24, 2.45) is 5.73 Å². The Morgan fingerprint density at radius 3 is 2.84 bits per heavy atom. The smallest absolute Gasteiger partial charge is 0.223 e. The first-order valence-electron chi connectivity index (χ1n) is 5.99. The molecule has 1 aliphatic rings. The molecule has 4 nitrogen and oxygen atoms in total. The predicted octanol–water partition coefficient (Wildman–Crippen LogP) is 1.33. The van der Waals surface area contributed by atoms with E-state index in [2.05, 4.69) is 0 Å². The molecule has 1 aromatic rings. The minimum absolute atomic E-state index is 0.0413. The highest BCUT2D eigenvalue weighted by molar-refractivity contribution is 5.81. The van der Waals surface area contributed by atoms with Crippen molar-refractivity contribution < 1.29 is 18.4 Å². The van der Waals surface area contributed by atoms with Gasteiger partial charge in [-0.3, -0.25) is 9.59 Å². The van der Waals surface area contributed by atoms with E-state index in [0.29, 0.717) is 12.8 Å². The molecule has 1 unspecified atom stereocenters. The number of nitrogens with zero attached hydrogens (tertiary/aromatic N) is 1. The Morgan fingerprint density at radius 1 is 1.42 bits per heavy atom. The van der Waals surface area contributed by atoms with Gasteiger partial charge in [0.1, 0.15) is 0 Å². The first-order valence-corrected chi connectivity index (χ1v) is 5.99. The number of amides is 2. The lowest BCUT2D eigenvalue weighted by Gasteiger charge is -2.24. The zero-order chi connectivity index (χ0) is 14.0. The average Bonchev–Trinajstić information content (AvgIpc) is 2.67. The normalized spacial score (nSPS) is 18.9. The molecule has 19 heavy (non-hydrogen) atoms. The molecule has 2 rings (SSSR count). The fourth-order valence-electron chi connectivity index (χ4n) is 2.31. The molecule has 0 bridgehead atoms. The van der Waals surface area contributed by atoms with Gasteiger partial charge in [-0.15, -0.1) is 0 Å². The lowest BCUT2D eigenvalue weighted by Crippen LogP contribution is -2.35. The summed E-state index contributed by atoms with van der Waals surface area (Å²) in [5, 5.41) is 0. The summed E-state index contributed by atoms with van der Waals surface area (Å²) in [4.78, 5) is 24.0. The number of likely N-dealkylation sites (tertiary alicyclic amines) is 1. The molecular weight excluding hydrogens is 254 g/mol. The molecule has 0 aromatic heterocycles. The van der Waals surface area contributed by atoms with Gasteiger partial charge in [-0.25, -0.2) is 8.78 Å². The standard InChI is InChI=1S/C13H14F2N2O2/c14-10-3-1-2-8(13(10)15)7-17-9(6-11(16)18)4-5-12(17)19/h1-3,9H,4-7H2,(H2,16,18). The van der Waals surface area contributed by atoms with Crippen molar-refractivity contribution in [1.29, 1.82) is 0 Å². The van der Waals surface area contributed by atoms with Crippen molar-refractivity contribution in [3.05, 3.63) is 35.4 Å². The Bertz CT molecular complexity index is 519. The molecule has 1 aromatic carbocycles. The summed E-state index contributed by atoms with van der Waals surface area (Å²) in [6.45, 7) is -0.0413. The number of carbonyl (C=O) groups excluding carboxylic acids is 2. The van der Waals surface area contributed by atoms with E-state index >= 15 is 0 Å². The fraction of sp³-hybridized carbons (Fsp3) is 0.385. The van der Waals surface area contributed by atoms with E-state index in [1.807, 2.05) is 0 Å². The molecule has 1 aliphatic heterocycles. The summed E-state index contributed by atoms with van der Waals surface area (Å²) in [5.41, 5.74) is 5.22. The van der Waals surface area contributed by atoms with Crippen LogP contribution in [-0.2, 0) is 16.1 Å². The molecule has 1 atom stereocenters. The first-order chi connectivity index (χ1) is 8.99. The highest BCUT2D eigenvalue weighted by Crippen LogP contribution is 2.25. The van der Waals surface area contributed by atoms with Crippen molar-refractivity contribution in [3.63, 3.8) is 0 Å². The number of rotatable bonds is 4. The number of halogens is 2. The van der Waals surface area contributed by atoms with E-state index in [-0.39, 0.29) is 30.5 Å². The topological polar surface area (TPSA) is 63.4 Å². The lowest BCUT2D eigenvalue weighted by atomic mass is 10.1. The average molecular weight is 268 g/mol. The van der Waals surface area contributed by atoms with E-state index in [1.165, 1.54) is 17.0 Å². The highest BCUT2D eigenvalue weighted by atomic mass is 19.2. The van der Waals surface area contributed by atoms with E-state index in [1.54, 1.807) is 0 Å². The summed E-state index contributed by atoms with van der Waals surface area (Å²) in [6, 6.07) is 3.50. The van der Waals surface area contributed by atoms with Gasteiger partial charge in [0, 0.05) is 31.0 Å². The monoisotopic (exact) mass is 268 g/mol. The number of benzene rings is 1. The van der Waals surface area contributed by atoms with Crippen LogP contribution in [0.25, 0.3) is 0 Å². The lowest BCUT2D eigenvalue weighted by molar-refractivity contribution is -0.130. The molecule has 1 saturated heterocycles. The molecule has 102 valence electrons. The van der Waals surface area contributed by atoms with E-state index in [9.17, 15) is 18.4 Å². The number of hydrogen-bond donors (Lipinski definition) is 1. The van der Waals surface area contributed by atoms with Gasteiger partial charge in [0.05, 0.1) is 0 Å². The van der Waals surface area contributed by atoms with E-state index in [4.69, 9.17) is 5.73 Å².